The second-order valence-corrected chi connectivity index (χ2v) is 5.27. The van der Waals surface area contributed by atoms with Crippen LogP contribution in [0.5, 0.6) is 0 Å². The Morgan fingerprint density at radius 2 is 1.75 bits per heavy atom. The summed E-state index contributed by atoms with van der Waals surface area (Å²) < 4.78 is 1.14. The highest BCUT2D eigenvalue weighted by atomic mass is 15.4. The Labute approximate surface area is 76.7 Å². The number of quaternary nitrogens is 1. The lowest BCUT2D eigenvalue weighted by molar-refractivity contribution is -0.873. The minimum absolute atomic E-state index is 0.429. The lowest BCUT2D eigenvalue weighted by Crippen LogP contribution is -2.45. The second-order valence-electron chi connectivity index (χ2n) is 5.27. The molecular weight excluding hydrogens is 146 g/mol. The summed E-state index contributed by atoms with van der Waals surface area (Å²) in [6, 6.07) is 0. The van der Waals surface area contributed by atoms with Gasteiger partial charge < -0.3 is 0 Å². The number of nitrogens with zero attached hydrogens (tertiary/aromatic N) is 1. The largest absolute Gasteiger partial charge is 0.297 e. The molecule has 0 aliphatic carbocycles. The summed E-state index contributed by atoms with van der Waals surface area (Å²) in [4.78, 5) is 0. The van der Waals surface area contributed by atoms with Crippen LogP contribution in [0.4, 0.5) is 0 Å². The molecule has 70 valence electrons. The molecule has 0 aromatic rings. The average molecular weight is 168 g/mol. The smallest absolute Gasteiger partial charge is 0.0885 e. The monoisotopic (exact) mass is 168 g/mol. The highest BCUT2D eigenvalue weighted by molar-refractivity contribution is 4.69. The molecule has 0 amide bonds. The standard InChI is InChI=1S/C11H22N/c1-5-12(8-6-7-9-12)10-11(2,3)4/h5H,1,6-10H2,2-4H3/q+1. The van der Waals surface area contributed by atoms with Crippen LogP contribution in [-0.4, -0.2) is 24.1 Å². The topological polar surface area (TPSA) is 0 Å². The van der Waals surface area contributed by atoms with E-state index in [2.05, 4.69) is 33.6 Å². The zero-order chi connectivity index (χ0) is 9.24. The van der Waals surface area contributed by atoms with Crippen molar-refractivity contribution in [2.75, 3.05) is 19.6 Å². The Balaban J connectivity index is 2.62. The Kier molecular flexibility index (Phi) is 2.62. The molecule has 1 nitrogen and oxygen atoms in total. The van der Waals surface area contributed by atoms with Gasteiger partial charge in [-0.1, -0.05) is 20.8 Å². The molecule has 0 spiro atoms. The first kappa shape index (κ1) is 9.79. The molecule has 1 aliphatic heterocycles. The van der Waals surface area contributed by atoms with E-state index in [9.17, 15) is 0 Å². The van der Waals surface area contributed by atoms with E-state index in [4.69, 9.17) is 0 Å². The van der Waals surface area contributed by atoms with Crippen LogP contribution in [0.1, 0.15) is 33.6 Å². The van der Waals surface area contributed by atoms with Gasteiger partial charge in [-0.25, -0.2) is 0 Å². The highest BCUT2D eigenvalue weighted by Crippen LogP contribution is 2.27. The second kappa shape index (κ2) is 3.21. The van der Waals surface area contributed by atoms with E-state index in [-0.39, 0.29) is 0 Å². The summed E-state index contributed by atoms with van der Waals surface area (Å²) in [7, 11) is 0. The molecule has 0 saturated carbocycles. The molecule has 0 bridgehead atoms. The van der Waals surface area contributed by atoms with Crippen molar-refractivity contribution in [1.29, 1.82) is 0 Å². The fourth-order valence-corrected chi connectivity index (χ4v) is 2.32. The molecule has 0 unspecified atom stereocenters. The van der Waals surface area contributed by atoms with E-state index in [1.807, 2.05) is 0 Å². The van der Waals surface area contributed by atoms with Crippen LogP contribution < -0.4 is 0 Å². The van der Waals surface area contributed by atoms with Crippen molar-refractivity contribution < 1.29 is 4.48 Å². The van der Waals surface area contributed by atoms with Crippen molar-refractivity contribution in [3.8, 4) is 0 Å². The van der Waals surface area contributed by atoms with Crippen molar-refractivity contribution in [2.45, 2.75) is 33.6 Å². The minimum Gasteiger partial charge on any atom is -0.297 e. The van der Waals surface area contributed by atoms with Crippen LogP contribution in [-0.2, 0) is 0 Å². The van der Waals surface area contributed by atoms with Gasteiger partial charge in [0.15, 0.2) is 0 Å². The predicted octanol–water partition coefficient (Wildman–Crippen LogP) is 2.79. The van der Waals surface area contributed by atoms with Gasteiger partial charge in [0.25, 0.3) is 0 Å². The summed E-state index contributed by atoms with van der Waals surface area (Å²) >= 11 is 0. The predicted molar refractivity (Wildman–Crippen MR) is 53.7 cm³/mol. The maximum Gasteiger partial charge on any atom is 0.0885 e. The maximum absolute atomic E-state index is 3.97. The van der Waals surface area contributed by atoms with E-state index in [0.29, 0.717) is 5.41 Å². The molecule has 1 heterocycles. The van der Waals surface area contributed by atoms with Crippen LogP contribution in [0.2, 0.25) is 0 Å². The molecular formula is C11H22N+. The third-order valence-corrected chi connectivity index (χ3v) is 2.63. The molecule has 1 aliphatic rings. The summed E-state index contributed by atoms with van der Waals surface area (Å²) in [6.07, 6.45) is 4.91. The molecule has 0 radical (unpaired) electrons. The lowest BCUT2D eigenvalue weighted by atomic mass is 9.95. The SMILES string of the molecule is C=C[N+]1(CC(C)(C)C)CCCC1. The minimum atomic E-state index is 0.429. The first-order chi connectivity index (χ1) is 5.47. The quantitative estimate of drug-likeness (QED) is 0.556. The normalized spacial score (nSPS) is 22.6. The summed E-state index contributed by atoms with van der Waals surface area (Å²) in [6.45, 7) is 14.8. The van der Waals surface area contributed by atoms with Gasteiger partial charge >= 0.3 is 0 Å². The number of hydrogen-bond donors (Lipinski definition) is 0. The van der Waals surface area contributed by atoms with Crippen molar-refractivity contribution in [3.05, 3.63) is 12.8 Å². The first-order valence-corrected chi connectivity index (χ1v) is 4.97. The van der Waals surface area contributed by atoms with Gasteiger partial charge in [0, 0.05) is 18.3 Å². The van der Waals surface area contributed by atoms with Gasteiger partial charge in [0.1, 0.15) is 0 Å². The highest BCUT2D eigenvalue weighted by Gasteiger charge is 2.33. The summed E-state index contributed by atoms with van der Waals surface area (Å²) in [5.74, 6) is 0. The van der Waals surface area contributed by atoms with E-state index < -0.39 is 0 Å². The molecule has 1 saturated heterocycles. The number of rotatable bonds is 2. The number of likely N-dealkylation sites (tertiary alicyclic amines) is 1. The number of hydrogen-bond acceptors (Lipinski definition) is 0. The summed E-state index contributed by atoms with van der Waals surface area (Å²) in [5, 5.41) is 0. The zero-order valence-electron chi connectivity index (χ0n) is 8.77. The fraction of sp³-hybridized carbons (Fsp3) is 0.818. The Bertz CT molecular complexity index is 158. The molecule has 1 fully saturated rings. The molecule has 0 aromatic carbocycles. The molecule has 0 aromatic heterocycles. The van der Waals surface area contributed by atoms with Crippen molar-refractivity contribution in [1.82, 2.24) is 0 Å². The van der Waals surface area contributed by atoms with Crippen molar-refractivity contribution >= 4 is 0 Å². The van der Waals surface area contributed by atoms with Crippen molar-refractivity contribution in [3.63, 3.8) is 0 Å². The van der Waals surface area contributed by atoms with Gasteiger partial charge in [-0.15, -0.1) is 0 Å². The molecule has 1 heteroatoms. The van der Waals surface area contributed by atoms with Crippen molar-refractivity contribution in [2.24, 2.45) is 5.41 Å². The van der Waals surface area contributed by atoms with E-state index >= 15 is 0 Å². The van der Waals surface area contributed by atoms with Gasteiger partial charge in [-0.05, 0) is 6.58 Å². The molecule has 0 atom stereocenters. The van der Waals surface area contributed by atoms with Crippen LogP contribution in [0, 0.1) is 5.41 Å². The van der Waals surface area contributed by atoms with E-state index in [1.165, 1.54) is 32.5 Å². The maximum atomic E-state index is 3.97. The van der Waals surface area contributed by atoms with Crippen LogP contribution >= 0.6 is 0 Å². The van der Waals surface area contributed by atoms with Crippen LogP contribution in [0.15, 0.2) is 12.8 Å². The van der Waals surface area contributed by atoms with Gasteiger partial charge in [-0.2, -0.15) is 0 Å². The Hall–Kier alpha value is -0.300. The van der Waals surface area contributed by atoms with E-state index in [0.717, 1.165) is 4.48 Å². The summed E-state index contributed by atoms with van der Waals surface area (Å²) in [5.41, 5.74) is 0.429. The lowest BCUT2D eigenvalue weighted by Gasteiger charge is -2.35. The Morgan fingerprint density at radius 1 is 1.25 bits per heavy atom. The molecule has 0 N–H and O–H groups in total. The molecule has 12 heavy (non-hydrogen) atoms. The zero-order valence-corrected chi connectivity index (χ0v) is 8.77. The fourth-order valence-electron chi connectivity index (χ4n) is 2.32. The van der Waals surface area contributed by atoms with Crippen LogP contribution in [0.25, 0.3) is 0 Å². The average Bonchev–Trinajstić information content (AvgIpc) is 2.34. The third kappa shape index (κ3) is 2.34. The van der Waals surface area contributed by atoms with Gasteiger partial charge in [0.05, 0.1) is 25.8 Å². The first-order valence-electron chi connectivity index (χ1n) is 4.97. The molecule has 1 rings (SSSR count). The van der Waals surface area contributed by atoms with Gasteiger partial charge in [-0.3, -0.25) is 4.48 Å². The van der Waals surface area contributed by atoms with Crippen LogP contribution in [0.3, 0.4) is 0 Å². The Morgan fingerprint density at radius 3 is 2.08 bits per heavy atom. The third-order valence-electron chi connectivity index (χ3n) is 2.63. The van der Waals surface area contributed by atoms with Gasteiger partial charge in [0.2, 0.25) is 0 Å². The van der Waals surface area contributed by atoms with E-state index in [1.54, 1.807) is 0 Å².